The Morgan fingerprint density at radius 3 is 1.33 bits per heavy atom. The zero-order chi connectivity index (χ0) is 12.7. The van der Waals surface area contributed by atoms with E-state index in [2.05, 4.69) is 46.5 Å². The lowest BCUT2D eigenvalue weighted by Crippen LogP contribution is -2.25. The van der Waals surface area contributed by atoms with Gasteiger partial charge in [-0.1, -0.05) is 41.5 Å². The van der Waals surface area contributed by atoms with Gasteiger partial charge in [0.15, 0.2) is 5.96 Å². The number of aliphatic imine (C=N–C) groups is 1. The van der Waals surface area contributed by atoms with Gasteiger partial charge in [0, 0.05) is 6.54 Å². The highest BCUT2D eigenvalue weighted by atomic mass is 15.0. The predicted molar refractivity (Wildman–Crippen MR) is 68.6 cm³/mol. The molecular formula is C11H28N4. The van der Waals surface area contributed by atoms with E-state index in [4.69, 9.17) is 17.2 Å². The van der Waals surface area contributed by atoms with Crippen LogP contribution in [0.1, 0.15) is 41.5 Å². The molecule has 6 N–H and O–H groups in total. The Kier molecular flexibility index (Phi) is 7.40. The molecule has 0 atom stereocenters. The second kappa shape index (κ2) is 6.67. The van der Waals surface area contributed by atoms with E-state index >= 15 is 0 Å². The summed E-state index contributed by atoms with van der Waals surface area (Å²) >= 11 is 0. The third-order valence-corrected chi connectivity index (χ3v) is 1.35. The number of nitrogens with zero attached hydrogens (tertiary/aromatic N) is 1. The Labute approximate surface area is 94.3 Å². The van der Waals surface area contributed by atoms with Crippen LogP contribution in [0, 0.1) is 10.8 Å². The first kappa shape index (κ1) is 16.7. The molecule has 0 saturated carbocycles. The highest BCUT2D eigenvalue weighted by Gasteiger charge is 2.07. The molecule has 0 aliphatic rings. The van der Waals surface area contributed by atoms with Crippen LogP contribution >= 0.6 is 0 Å². The number of hydrogen-bond donors (Lipinski definition) is 3. The van der Waals surface area contributed by atoms with E-state index in [-0.39, 0.29) is 11.4 Å². The highest BCUT2D eigenvalue weighted by molar-refractivity contribution is 5.75. The Bertz CT molecular complexity index is 180. The van der Waals surface area contributed by atoms with Crippen LogP contribution in [-0.4, -0.2) is 19.0 Å². The van der Waals surface area contributed by atoms with Gasteiger partial charge in [-0.25, -0.2) is 0 Å². The minimum absolute atomic E-state index is 0.171. The number of nitrogens with two attached hydrogens (primary N) is 3. The molecule has 0 radical (unpaired) electrons. The SMILES string of the molecule is CC(C)(C)CN.CC(C)(C)CN=C(N)N. The second-order valence-corrected chi connectivity index (χ2v) is 6.07. The Hall–Kier alpha value is -0.770. The molecule has 0 aromatic carbocycles. The van der Waals surface area contributed by atoms with Crippen molar-refractivity contribution in [3.05, 3.63) is 0 Å². The molecule has 0 bridgehead atoms. The van der Waals surface area contributed by atoms with Gasteiger partial charge in [0.2, 0.25) is 0 Å². The van der Waals surface area contributed by atoms with Gasteiger partial charge < -0.3 is 17.2 Å². The fourth-order valence-corrected chi connectivity index (χ4v) is 0.328. The van der Waals surface area contributed by atoms with Gasteiger partial charge in [0.05, 0.1) is 0 Å². The topological polar surface area (TPSA) is 90.4 Å². The number of hydrogen-bond acceptors (Lipinski definition) is 2. The molecule has 0 saturated heterocycles. The van der Waals surface area contributed by atoms with Gasteiger partial charge in [-0.2, -0.15) is 0 Å². The summed E-state index contributed by atoms with van der Waals surface area (Å²) in [5.41, 5.74) is 16.1. The smallest absolute Gasteiger partial charge is 0.185 e. The third kappa shape index (κ3) is 24.6. The predicted octanol–water partition coefficient (Wildman–Crippen LogP) is 1.30. The van der Waals surface area contributed by atoms with E-state index in [1.807, 2.05) is 0 Å². The number of guanidine groups is 1. The summed E-state index contributed by atoms with van der Waals surface area (Å²) in [4.78, 5) is 3.87. The summed E-state index contributed by atoms with van der Waals surface area (Å²) in [6, 6.07) is 0. The van der Waals surface area contributed by atoms with E-state index in [9.17, 15) is 0 Å². The molecule has 0 aromatic rings. The maximum absolute atomic E-state index is 5.31. The van der Waals surface area contributed by atoms with Crippen LogP contribution in [0.15, 0.2) is 4.99 Å². The van der Waals surface area contributed by atoms with Crippen LogP contribution in [0.2, 0.25) is 0 Å². The van der Waals surface area contributed by atoms with Crippen molar-refractivity contribution >= 4 is 5.96 Å². The largest absolute Gasteiger partial charge is 0.370 e. The molecule has 0 amide bonds. The molecule has 4 heteroatoms. The van der Waals surface area contributed by atoms with Crippen molar-refractivity contribution < 1.29 is 0 Å². The monoisotopic (exact) mass is 216 g/mol. The maximum atomic E-state index is 5.31. The Morgan fingerprint density at radius 2 is 1.27 bits per heavy atom. The molecule has 0 aliphatic heterocycles. The van der Waals surface area contributed by atoms with E-state index in [0.717, 1.165) is 6.54 Å². The van der Waals surface area contributed by atoms with Crippen molar-refractivity contribution in [1.29, 1.82) is 0 Å². The van der Waals surface area contributed by atoms with Gasteiger partial charge in [-0.05, 0) is 17.4 Å². The minimum atomic E-state index is 0.171. The Balaban J connectivity index is 0. The minimum Gasteiger partial charge on any atom is -0.370 e. The Morgan fingerprint density at radius 1 is 0.933 bits per heavy atom. The fraction of sp³-hybridized carbons (Fsp3) is 0.909. The first-order valence-electron chi connectivity index (χ1n) is 5.23. The zero-order valence-corrected chi connectivity index (χ0v) is 11.1. The van der Waals surface area contributed by atoms with Crippen LogP contribution < -0.4 is 17.2 Å². The lowest BCUT2D eigenvalue weighted by atomic mass is 9.97. The molecule has 15 heavy (non-hydrogen) atoms. The normalized spacial score (nSPS) is 11.4. The summed E-state index contributed by atoms with van der Waals surface area (Å²) in [7, 11) is 0. The molecule has 0 rings (SSSR count). The van der Waals surface area contributed by atoms with Gasteiger partial charge in [-0.3, -0.25) is 4.99 Å². The molecule has 0 aromatic heterocycles. The highest BCUT2D eigenvalue weighted by Crippen LogP contribution is 2.11. The average Bonchev–Trinajstić information content (AvgIpc) is 2.00. The van der Waals surface area contributed by atoms with Crippen molar-refractivity contribution in [1.82, 2.24) is 0 Å². The second-order valence-electron chi connectivity index (χ2n) is 6.07. The first-order chi connectivity index (χ1) is 6.48. The first-order valence-corrected chi connectivity index (χ1v) is 5.23. The van der Waals surface area contributed by atoms with Gasteiger partial charge >= 0.3 is 0 Å². The zero-order valence-electron chi connectivity index (χ0n) is 11.1. The third-order valence-electron chi connectivity index (χ3n) is 1.35. The van der Waals surface area contributed by atoms with Crippen molar-refractivity contribution in [2.24, 2.45) is 33.0 Å². The van der Waals surface area contributed by atoms with Crippen molar-refractivity contribution in [3.8, 4) is 0 Å². The summed E-state index contributed by atoms with van der Waals surface area (Å²) in [5.74, 6) is 0.171. The summed E-state index contributed by atoms with van der Waals surface area (Å²) < 4.78 is 0. The molecule has 0 fully saturated rings. The molecular weight excluding hydrogens is 188 g/mol. The van der Waals surface area contributed by atoms with Crippen molar-refractivity contribution in [3.63, 3.8) is 0 Å². The van der Waals surface area contributed by atoms with Gasteiger partial charge in [-0.15, -0.1) is 0 Å². The fourth-order valence-electron chi connectivity index (χ4n) is 0.328. The molecule has 0 heterocycles. The van der Waals surface area contributed by atoms with E-state index in [0.29, 0.717) is 12.0 Å². The molecule has 4 nitrogen and oxygen atoms in total. The van der Waals surface area contributed by atoms with E-state index < -0.39 is 0 Å². The van der Waals surface area contributed by atoms with Crippen LogP contribution in [0.5, 0.6) is 0 Å². The molecule has 0 aliphatic carbocycles. The summed E-state index contributed by atoms with van der Waals surface area (Å²) in [6.45, 7) is 14.1. The van der Waals surface area contributed by atoms with Gasteiger partial charge in [0.1, 0.15) is 0 Å². The summed E-state index contributed by atoms with van der Waals surface area (Å²) in [6.07, 6.45) is 0. The molecule has 92 valence electrons. The average molecular weight is 216 g/mol. The van der Waals surface area contributed by atoms with Crippen molar-refractivity contribution in [2.45, 2.75) is 41.5 Å². The molecule has 0 unspecified atom stereocenters. The van der Waals surface area contributed by atoms with Crippen molar-refractivity contribution in [2.75, 3.05) is 13.1 Å². The lowest BCUT2D eigenvalue weighted by molar-refractivity contribution is 0.428. The van der Waals surface area contributed by atoms with Crippen LogP contribution in [-0.2, 0) is 0 Å². The van der Waals surface area contributed by atoms with Gasteiger partial charge in [0.25, 0.3) is 0 Å². The maximum Gasteiger partial charge on any atom is 0.185 e. The summed E-state index contributed by atoms with van der Waals surface area (Å²) in [5, 5.41) is 0. The van der Waals surface area contributed by atoms with Crippen LogP contribution in [0.4, 0.5) is 0 Å². The number of rotatable bonds is 1. The standard InChI is InChI=1S/C6H15N3.C5H13N/c1-6(2,3)4-9-5(7)8;1-5(2,3)4-6/h4H2,1-3H3,(H4,7,8,9);4,6H2,1-3H3. The van der Waals surface area contributed by atoms with E-state index in [1.54, 1.807) is 0 Å². The molecule has 0 spiro atoms. The quantitative estimate of drug-likeness (QED) is 0.456. The van der Waals surface area contributed by atoms with Crippen LogP contribution in [0.3, 0.4) is 0 Å². The van der Waals surface area contributed by atoms with Crippen LogP contribution in [0.25, 0.3) is 0 Å². The lowest BCUT2D eigenvalue weighted by Gasteiger charge is -2.13. The van der Waals surface area contributed by atoms with E-state index in [1.165, 1.54) is 0 Å².